The summed E-state index contributed by atoms with van der Waals surface area (Å²) in [5.74, 6) is -2.64. The maximum atomic E-state index is 12.9. The first-order valence-corrected chi connectivity index (χ1v) is 25.1. The largest absolute Gasteiger partial charge is 0.479 e. The van der Waals surface area contributed by atoms with Gasteiger partial charge >= 0.3 is 29.3 Å². The van der Waals surface area contributed by atoms with Gasteiger partial charge in [0.25, 0.3) is 11.1 Å². The van der Waals surface area contributed by atoms with E-state index in [-0.39, 0.29) is 30.3 Å². The van der Waals surface area contributed by atoms with Crippen LogP contribution >= 0.6 is 0 Å². The van der Waals surface area contributed by atoms with Crippen LogP contribution in [-0.2, 0) is 37.4 Å². The molecule has 4 heterocycles. The number of hydrogen-bond acceptors (Lipinski definition) is 12. The highest BCUT2D eigenvalue weighted by molar-refractivity contribution is 6.74. The second-order valence-electron chi connectivity index (χ2n) is 18.6. The number of nitrogens with zero attached hydrogens (tertiary/aromatic N) is 2. The number of esters is 2. The van der Waals surface area contributed by atoms with Gasteiger partial charge in [-0.3, -0.25) is 33.5 Å². The van der Waals surface area contributed by atoms with Crippen LogP contribution in [0.25, 0.3) is 0 Å². The van der Waals surface area contributed by atoms with Gasteiger partial charge in [-0.2, -0.15) is 0 Å². The van der Waals surface area contributed by atoms with Crippen molar-refractivity contribution in [3.63, 3.8) is 0 Å². The third kappa shape index (κ3) is 13.1. The molecule has 0 aliphatic carbocycles. The van der Waals surface area contributed by atoms with Crippen LogP contribution in [0.15, 0.2) is 31.6 Å². The molecule has 3 N–H and O–H groups in total. The summed E-state index contributed by atoms with van der Waals surface area (Å²) < 4.78 is 37.9. The fourth-order valence-corrected chi connectivity index (χ4v) is 7.95. The van der Waals surface area contributed by atoms with Crippen LogP contribution in [0.3, 0.4) is 0 Å². The predicted octanol–water partition coefficient (Wildman–Crippen LogP) is 5.91. The van der Waals surface area contributed by atoms with Crippen molar-refractivity contribution in [2.45, 2.75) is 183 Å². The molecule has 17 nitrogen and oxygen atoms in total. The number of carbonyl (C=O) groups is 3. The normalized spacial score (nSPS) is 22.5. The minimum atomic E-state index is -2.32. The number of nitrogens with one attached hydrogen (secondary N) is 2. The first kappa shape index (κ1) is 51.4. The smallest absolute Gasteiger partial charge is 0.345 e. The number of carboxylic acid groups (broad SMARTS) is 1. The van der Waals surface area contributed by atoms with Crippen LogP contribution in [0.1, 0.15) is 121 Å². The summed E-state index contributed by atoms with van der Waals surface area (Å²) in [7, 11) is -4.53. The van der Waals surface area contributed by atoms with Crippen molar-refractivity contribution in [1.82, 2.24) is 19.1 Å². The van der Waals surface area contributed by atoms with Crippen molar-refractivity contribution < 1.29 is 43.9 Å². The van der Waals surface area contributed by atoms with Gasteiger partial charge in [0.05, 0.1) is 17.6 Å². The van der Waals surface area contributed by atoms with E-state index < -0.39 is 99.3 Å². The van der Waals surface area contributed by atoms with E-state index in [9.17, 15) is 38.7 Å². The SMILES string of the molecule is C.Cc1cn(C2CC(O[Si](C)(C)C(C)(C)C)C(C(=O)OC(=O)C(C)(C)C)O2)c(=O)[nH]c1=O.Cc1cn([C@H]2CC(O[Si](C)(C)C(C)(C)C)[C@@H](C(=O)O)O2)c(=O)[nH]c1=O.[2H]CC. The Hall–Kier alpha value is -3.76. The Morgan fingerprint density at radius 1 is 0.746 bits per heavy atom. The molecular formula is C40H70N4O13Si2. The van der Waals surface area contributed by atoms with E-state index >= 15 is 0 Å². The lowest BCUT2D eigenvalue weighted by Crippen LogP contribution is -2.48. The maximum absolute atomic E-state index is 12.9. The standard InChI is InChI=1S/C21H34N2O7Si.C16H26N2O6Si.C2H6.CH4/c1-12-11-23(19(27)22-16(12)24)14-10-13(30-31(8,9)21(5,6)7)15(28-14)17(25)29-18(26)20(2,3)4;1-9-8-18(15(22)17-13(9)19)11-7-10(12(23-11)14(20)21)24-25(5,6)16(2,3)4;1-2;/h11,13-15H,10H2,1-9H3,(H,22,24,27);8,10-12H,7H2,1-6H3,(H,20,21)(H,17,19,22);1-2H3;1H4/t;10?,11-,12+;;/m.1../s1/i;;1D;. The molecule has 6 atom stereocenters. The van der Waals surface area contributed by atoms with Gasteiger partial charge in [-0.15, -0.1) is 0 Å². The molecular weight excluding hydrogens is 801 g/mol. The number of carbonyl (C=O) groups excluding carboxylic acids is 2. The van der Waals surface area contributed by atoms with Crippen LogP contribution in [-0.4, -0.2) is 83.2 Å². The molecule has 0 radical (unpaired) electrons. The van der Waals surface area contributed by atoms with E-state index in [1.165, 1.54) is 21.5 Å². The first-order valence-electron chi connectivity index (χ1n) is 20.0. The Balaban J connectivity index is 0.000000564. The number of aromatic amines is 2. The molecule has 2 saturated heterocycles. The molecule has 4 rings (SSSR count). The average molecular weight is 872 g/mol. The Labute approximate surface area is 350 Å². The highest BCUT2D eigenvalue weighted by Gasteiger charge is 2.50. The van der Waals surface area contributed by atoms with Crippen LogP contribution in [0.2, 0.25) is 36.3 Å². The summed E-state index contributed by atoms with van der Waals surface area (Å²) in [6.07, 6.45) is -2.12. The molecule has 2 aliphatic heterocycles. The number of rotatable bonds is 8. The van der Waals surface area contributed by atoms with Crippen molar-refractivity contribution in [2.75, 3.05) is 0 Å². The molecule has 0 amide bonds. The van der Waals surface area contributed by atoms with Gasteiger partial charge in [0.15, 0.2) is 28.8 Å². The van der Waals surface area contributed by atoms with Gasteiger partial charge in [0, 0.05) is 37.7 Å². The highest BCUT2D eigenvalue weighted by atomic mass is 28.4. The van der Waals surface area contributed by atoms with E-state index in [2.05, 4.69) is 51.5 Å². The molecule has 0 aromatic carbocycles. The molecule has 336 valence electrons. The average Bonchev–Trinajstić information content (AvgIpc) is 3.67. The number of aromatic nitrogens is 4. The van der Waals surface area contributed by atoms with Crippen LogP contribution in [0, 0.1) is 19.3 Å². The monoisotopic (exact) mass is 871 g/mol. The molecule has 4 unspecified atom stereocenters. The van der Waals surface area contributed by atoms with Crippen molar-refractivity contribution in [2.24, 2.45) is 5.41 Å². The summed E-state index contributed by atoms with van der Waals surface area (Å²) in [6.45, 7) is 30.9. The van der Waals surface area contributed by atoms with E-state index in [0.717, 1.165) is 0 Å². The van der Waals surface area contributed by atoms with Crippen molar-refractivity contribution in [3.05, 3.63) is 65.2 Å². The van der Waals surface area contributed by atoms with Gasteiger partial charge in [0.1, 0.15) is 12.5 Å². The van der Waals surface area contributed by atoms with Crippen LogP contribution in [0.5, 0.6) is 0 Å². The van der Waals surface area contributed by atoms with Gasteiger partial charge in [0.2, 0.25) is 0 Å². The molecule has 0 spiro atoms. The highest BCUT2D eigenvalue weighted by Crippen LogP contribution is 2.42. The second-order valence-corrected chi connectivity index (χ2v) is 28.1. The zero-order valence-electron chi connectivity index (χ0n) is 38.0. The lowest BCUT2D eigenvalue weighted by atomic mass is 9.97. The number of carboxylic acids is 1. The van der Waals surface area contributed by atoms with Gasteiger partial charge in [-0.1, -0.05) is 62.8 Å². The molecule has 0 bridgehead atoms. The molecule has 2 aliphatic rings. The van der Waals surface area contributed by atoms with Crippen LogP contribution < -0.4 is 22.5 Å². The topological polar surface area (TPSA) is 227 Å². The Kier molecular flexibility index (Phi) is 17.2. The third-order valence-corrected chi connectivity index (χ3v) is 19.9. The summed E-state index contributed by atoms with van der Waals surface area (Å²) in [4.78, 5) is 88.8. The quantitative estimate of drug-likeness (QED) is 0.160. The minimum Gasteiger partial charge on any atom is -0.479 e. The number of hydrogen-bond donors (Lipinski definition) is 3. The summed E-state index contributed by atoms with van der Waals surface area (Å²) >= 11 is 0. The fourth-order valence-electron chi connectivity index (χ4n) is 5.29. The van der Waals surface area contributed by atoms with Gasteiger partial charge < -0.3 is 28.2 Å². The summed E-state index contributed by atoms with van der Waals surface area (Å²) in [5.41, 5.74) is -2.41. The minimum absolute atomic E-state index is 0. The van der Waals surface area contributed by atoms with E-state index in [1.54, 1.807) is 41.5 Å². The molecule has 2 aromatic rings. The first-order chi connectivity index (χ1) is 26.7. The van der Waals surface area contributed by atoms with Crippen molar-refractivity contribution >= 4 is 34.5 Å². The van der Waals surface area contributed by atoms with E-state index in [0.29, 0.717) is 18.0 Å². The van der Waals surface area contributed by atoms with E-state index in [4.69, 9.17) is 24.4 Å². The molecule has 0 saturated carbocycles. The lowest BCUT2D eigenvalue weighted by molar-refractivity contribution is -0.176. The van der Waals surface area contributed by atoms with Crippen molar-refractivity contribution in [1.29, 1.82) is 0 Å². The van der Waals surface area contributed by atoms with Crippen molar-refractivity contribution in [3.8, 4) is 0 Å². The number of aryl methyl sites for hydroxylation is 2. The number of H-pyrrole nitrogens is 2. The Morgan fingerprint density at radius 3 is 1.41 bits per heavy atom. The predicted molar refractivity (Wildman–Crippen MR) is 230 cm³/mol. The number of aliphatic carboxylic acids is 1. The Bertz CT molecular complexity index is 2060. The summed E-state index contributed by atoms with van der Waals surface area (Å²) in [6, 6.07) is 0. The molecule has 2 fully saturated rings. The Morgan fingerprint density at radius 2 is 1.08 bits per heavy atom. The third-order valence-electron chi connectivity index (χ3n) is 10.8. The fraction of sp³-hybridized carbons (Fsp3) is 0.725. The second kappa shape index (κ2) is 19.7. The van der Waals surface area contributed by atoms with E-state index in [1.807, 2.05) is 26.2 Å². The molecule has 2 aromatic heterocycles. The zero-order valence-corrected chi connectivity index (χ0v) is 39.0. The maximum Gasteiger partial charge on any atom is 0.345 e. The zero-order chi connectivity index (χ0) is 45.8. The number of ether oxygens (including phenoxy) is 3. The van der Waals surface area contributed by atoms with Gasteiger partial charge in [-0.25, -0.2) is 19.2 Å². The molecule has 19 heteroatoms. The lowest BCUT2D eigenvalue weighted by Gasteiger charge is -2.39. The van der Waals surface area contributed by atoms with Crippen LogP contribution in [0.4, 0.5) is 0 Å². The van der Waals surface area contributed by atoms with Gasteiger partial charge in [-0.05, 0) is 70.9 Å². The summed E-state index contributed by atoms with van der Waals surface area (Å²) in [5, 5.41) is 9.26. The molecule has 59 heavy (non-hydrogen) atoms.